The Balaban J connectivity index is 1.82. The second kappa shape index (κ2) is 12.4. The molecule has 2 heterocycles. The van der Waals surface area contributed by atoms with Crippen molar-refractivity contribution in [2.75, 3.05) is 19.6 Å². The summed E-state index contributed by atoms with van der Waals surface area (Å²) < 4.78 is 0. The average Bonchev–Trinajstić information content (AvgIpc) is 3.45. The smallest absolute Gasteiger partial charge is 0.326 e. The number of likely N-dealkylation sites (tertiary alicyclic amines) is 1. The van der Waals surface area contributed by atoms with Gasteiger partial charge in [0, 0.05) is 31.4 Å². The molecule has 0 saturated carbocycles. The highest BCUT2D eigenvalue weighted by Crippen LogP contribution is 2.19. The van der Waals surface area contributed by atoms with Gasteiger partial charge in [0.15, 0.2) is 5.96 Å². The second-order valence-corrected chi connectivity index (χ2v) is 7.70. The molecule has 1 aromatic rings. The van der Waals surface area contributed by atoms with E-state index in [-0.39, 0.29) is 18.3 Å². The molecule has 0 aromatic carbocycles. The number of carboxylic acids is 1. The van der Waals surface area contributed by atoms with E-state index in [1.165, 1.54) is 17.4 Å². The van der Waals surface area contributed by atoms with Crippen LogP contribution in [0.15, 0.2) is 17.5 Å². The molecule has 0 aliphatic carbocycles. The summed E-state index contributed by atoms with van der Waals surface area (Å²) in [6.07, 6.45) is 4.82. The minimum absolute atomic E-state index is 0.0149. The number of hydrogen-bond acceptors (Lipinski definition) is 7. The first-order valence-electron chi connectivity index (χ1n) is 10.6. The summed E-state index contributed by atoms with van der Waals surface area (Å²) in [5.41, 5.74) is 17.0. The van der Waals surface area contributed by atoms with Crippen molar-refractivity contribution >= 4 is 29.7 Å². The molecule has 1 aromatic heterocycles. The first-order chi connectivity index (χ1) is 15.7. The molecule has 1 aliphatic rings. The van der Waals surface area contributed by atoms with Gasteiger partial charge in [-0.05, 0) is 25.7 Å². The number of guanidine groups is 1. The van der Waals surface area contributed by atoms with Crippen LogP contribution in [0, 0.1) is 0 Å². The van der Waals surface area contributed by atoms with E-state index in [0.717, 1.165) is 0 Å². The summed E-state index contributed by atoms with van der Waals surface area (Å²) in [6.45, 7) is 0.310. The van der Waals surface area contributed by atoms with Crippen LogP contribution in [0.25, 0.3) is 0 Å². The molecular weight excluding hydrogens is 434 g/mol. The van der Waals surface area contributed by atoms with Crippen molar-refractivity contribution in [3.63, 3.8) is 0 Å². The summed E-state index contributed by atoms with van der Waals surface area (Å²) in [5.74, 6) is -2.77. The van der Waals surface area contributed by atoms with Gasteiger partial charge in [-0.3, -0.25) is 19.4 Å². The number of H-pyrrole nitrogens is 1. The van der Waals surface area contributed by atoms with Gasteiger partial charge < -0.3 is 42.8 Å². The summed E-state index contributed by atoms with van der Waals surface area (Å²) in [7, 11) is 0. The maximum absolute atomic E-state index is 12.7. The molecule has 14 heteroatoms. The highest BCUT2D eigenvalue weighted by atomic mass is 16.4. The molecule has 1 aliphatic heterocycles. The van der Waals surface area contributed by atoms with Gasteiger partial charge in [0.05, 0.1) is 18.9 Å². The van der Waals surface area contributed by atoms with Gasteiger partial charge >= 0.3 is 5.97 Å². The van der Waals surface area contributed by atoms with Crippen molar-refractivity contribution in [1.82, 2.24) is 25.5 Å². The average molecular weight is 466 g/mol. The number of nitrogens with two attached hydrogens (primary N) is 3. The Morgan fingerprint density at radius 2 is 2.09 bits per heavy atom. The van der Waals surface area contributed by atoms with Crippen LogP contribution in [0.5, 0.6) is 0 Å². The van der Waals surface area contributed by atoms with Crippen LogP contribution in [0.2, 0.25) is 0 Å². The lowest BCUT2D eigenvalue weighted by Gasteiger charge is -2.26. The number of aromatic amines is 1. The third-order valence-electron chi connectivity index (χ3n) is 5.16. The molecule has 1 fully saturated rings. The number of rotatable bonds is 12. The Morgan fingerprint density at radius 1 is 1.33 bits per heavy atom. The normalized spacial score (nSPS) is 17.1. The molecule has 33 heavy (non-hydrogen) atoms. The number of aliphatic carboxylic acids is 1. The number of carboxylic acid groups (broad SMARTS) is 1. The standard InChI is InChI=1S/C19H31N9O5/c20-12(3-1-5-24-19(21)22)17(31)28-6-2-4-14(28)16(30)25-9-15(29)27-13(18(32)33)7-11-8-23-10-26-11/h8,10,12-14H,1-7,9,20H2,(H,23,26)(H,25,30)(H,27,29)(H,32,33)(H4,21,22,24). The van der Waals surface area contributed by atoms with E-state index >= 15 is 0 Å². The molecule has 3 atom stereocenters. The predicted octanol–water partition coefficient (Wildman–Crippen LogP) is -2.99. The zero-order chi connectivity index (χ0) is 24.4. The number of carbonyl (C=O) groups is 4. The van der Waals surface area contributed by atoms with Crippen LogP contribution in [0.4, 0.5) is 0 Å². The molecule has 10 N–H and O–H groups in total. The lowest BCUT2D eigenvalue weighted by Crippen LogP contribution is -2.53. The molecular formula is C19H31N9O5. The lowest BCUT2D eigenvalue weighted by atomic mass is 10.1. The first-order valence-corrected chi connectivity index (χ1v) is 10.6. The SMILES string of the molecule is NC(N)=NCCCC(N)C(=O)N1CCCC1C(=O)NCC(=O)NC(Cc1cnc[nH]1)C(=O)O. The number of nitrogens with one attached hydrogen (secondary N) is 3. The molecule has 1 saturated heterocycles. The molecule has 2 rings (SSSR count). The highest BCUT2D eigenvalue weighted by Gasteiger charge is 2.36. The van der Waals surface area contributed by atoms with Crippen LogP contribution in [-0.4, -0.2) is 87.4 Å². The fraction of sp³-hybridized carbons (Fsp3) is 0.579. The van der Waals surface area contributed by atoms with Crippen LogP contribution >= 0.6 is 0 Å². The molecule has 3 amide bonds. The van der Waals surface area contributed by atoms with Gasteiger partial charge in [-0.2, -0.15) is 0 Å². The van der Waals surface area contributed by atoms with Crippen molar-refractivity contribution in [1.29, 1.82) is 0 Å². The predicted molar refractivity (Wildman–Crippen MR) is 117 cm³/mol. The highest BCUT2D eigenvalue weighted by molar-refractivity contribution is 5.93. The Hall–Kier alpha value is -3.68. The fourth-order valence-electron chi connectivity index (χ4n) is 3.51. The Bertz CT molecular complexity index is 854. The number of amides is 3. The minimum Gasteiger partial charge on any atom is -0.480 e. The number of aliphatic imine (C=N–C) groups is 1. The van der Waals surface area contributed by atoms with E-state index in [2.05, 4.69) is 25.6 Å². The monoisotopic (exact) mass is 465 g/mol. The molecule has 0 bridgehead atoms. The molecule has 182 valence electrons. The van der Waals surface area contributed by atoms with Crippen molar-refractivity contribution in [2.24, 2.45) is 22.2 Å². The molecule has 0 spiro atoms. The van der Waals surface area contributed by atoms with Crippen LogP contribution in [0.1, 0.15) is 31.4 Å². The Morgan fingerprint density at radius 3 is 2.73 bits per heavy atom. The first kappa shape index (κ1) is 25.6. The maximum Gasteiger partial charge on any atom is 0.326 e. The van der Waals surface area contributed by atoms with Crippen LogP contribution in [-0.2, 0) is 25.6 Å². The largest absolute Gasteiger partial charge is 0.480 e. The van der Waals surface area contributed by atoms with Gasteiger partial charge in [0.2, 0.25) is 17.7 Å². The Labute approximate surface area is 190 Å². The maximum atomic E-state index is 12.7. The van der Waals surface area contributed by atoms with E-state index < -0.39 is 42.5 Å². The van der Waals surface area contributed by atoms with E-state index in [0.29, 0.717) is 44.5 Å². The van der Waals surface area contributed by atoms with Gasteiger partial charge in [0.25, 0.3) is 0 Å². The van der Waals surface area contributed by atoms with Crippen LogP contribution in [0.3, 0.4) is 0 Å². The molecule has 3 unspecified atom stereocenters. The number of imidazole rings is 1. The third-order valence-corrected chi connectivity index (χ3v) is 5.16. The number of aromatic nitrogens is 2. The van der Waals surface area contributed by atoms with Crippen molar-refractivity contribution < 1.29 is 24.3 Å². The lowest BCUT2D eigenvalue weighted by molar-refractivity contribution is -0.142. The number of hydrogen-bond donors (Lipinski definition) is 7. The van der Waals surface area contributed by atoms with E-state index in [4.69, 9.17) is 17.2 Å². The molecule has 0 radical (unpaired) electrons. The second-order valence-electron chi connectivity index (χ2n) is 7.70. The van der Waals surface area contributed by atoms with Crippen LogP contribution < -0.4 is 27.8 Å². The quantitative estimate of drug-likeness (QED) is 0.0945. The van der Waals surface area contributed by atoms with Crippen molar-refractivity contribution in [3.8, 4) is 0 Å². The Kier molecular flexibility index (Phi) is 9.60. The van der Waals surface area contributed by atoms with Crippen molar-refractivity contribution in [2.45, 2.75) is 50.2 Å². The van der Waals surface area contributed by atoms with E-state index in [9.17, 15) is 24.3 Å². The van der Waals surface area contributed by atoms with E-state index in [1.807, 2.05) is 0 Å². The van der Waals surface area contributed by atoms with Crippen molar-refractivity contribution in [3.05, 3.63) is 18.2 Å². The summed E-state index contributed by atoms with van der Waals surface area (Å²) in [5, 5.41) is 14.1. The summed E-state index contributed by atoms with van der Waals surface area (Å²) in [4.78, 5) is 60.7. The number of carbonyl (C=O) groups excluding carboxylic acids is 3. The third kappa shape index (κ3) is 8.07. The zero-order valence-electron chi connectivity index (χ0n) is 18.2. The minimum atomic E-state index is -1.22. The van der Waals surface area contributed by atoms with E-state index in [1.54, 1.807) is 0 Å². The number of nitrogens with zero attached hydrogens (tertiary/aromatic N) is 3. The summed E-state index contributed by atoms with van der Waals surface area (Å²) in [6, 6.07) is -2.72. The fourth-order valence-corrected chi connectivity index (χ4v) is 3.51. The van der Waals surface area contributed by atoms with Gasteiger partial charge in [-0.15, -0.1) is 0 Å². The van der Waals surface area contributed by atoms with Gasteiger partial charge in [-0.25, -0.2) is 9.78 Å². The van der Waals surface area contributed by atoms with Gasteiger partial charge in [-0.1, -0.05) is 0 Å². The zero-order valence-corrected chi connectivity index (χ0v) is 18.2. The topological polar surface area (TPSA) is 235 Å². The molecule has 14 nitrogen and oxygen atoms in total. The van der Waals surface area contributed by atoms with Gasteiger partial charge in [0.1, 0.15) is 12.1 Å². The summed E-state index contributed by atoms with van der Waals surface area (Å²) >= 11 is 0.